The minimum Gasteiger partial charge on any atom is -0.462 e. The van der Waals surface area contributed by atoms with Crippen LogP contribution >= 0.6 is 11.6 Å². The number of ether oxygens (including phenoxy) is 1. The molecule has 4 heteroatoms. The predicted octanol–water partition coefficient (Wildman–Crippen LogP) is 5.75. The minimum absolute atomic E-state index is 0.310. The SMILES string of the molecule is CCCCCC/C=C/c1cc(C(=O)OCC)c2cccc(Cl)n12. The molecule has 0 fully saturated rings. The summed E-state index contributed by atoms with van der Waals surface area (Å²) in [6.45, 7) is 4.38. The Balaban J connectivity index is 2.25. The van der Waals surface area contributed by atoms with E-state index in [1.54, 1.807) is 6.92 Å². The number of carbonyl (C=O) groups is 1. The van der Waals surface area contributed by atoms with E-state index in [1.165, 1.54) is 25.7 Å². The predicted molar refractivity (Wildman–Crippen MR) is 96.2 cm³/mol. The summed E-state index contributed by atoms with van der Waals surface area (Å²) in [6, 6.07) is 7.40. The lowest BCUT2D eigenvalue weighted by atomic mass is 10.1. The molecule has 0 N–H and O–H groups in total. The van der Waals surface area contributed by atoms with Gasteiger partial charge in [-0.2, -0.15) is 0 Å². The molecule has 23 heavy (non-hydrogen) atoms. The van der Waals surface area contributed by atoms with E-state index in [1.807, 2.05) is 34.7 Å². The van der Waals surface area contributed by atoms with Crippen molar-refractivity contribution in [1.29, 1.82) is 0 Å². The second-order valence-corrected chi connectivity index (χ2v) is 5.91. The van der Waals surface area contributed by atoms with Gasteiger partial charge in [0.2, 0.25) is 0 Å². The summed E-state index contributed by atoms with van der Waals surface area (Å²) in [5, 5.41) is 0.587. The zero-order valence-electron chi connectivity index (χ0n) is 13.8. The van der Waals surface area contributed by atoms with Gasteiger partial charge in [-0.15, -0.1) is 0 Å². The van der Waals surface area contributed by atoms with E-state index in [4.69, 9.17) is 16.3 Å². The number of pyridine rings is 1. The van der Waals surface area contributed by atoms with Crippen molar-refractivity contribution in [3.05, 3.63) is 46.8 Å². The first-order valence-corrected chi connectivity index (χ1v) is 8.70. The number of halogens is 1. The Morgan fingerprint density at radius 1 is 1.26 bits per heavy atom. The highest BCUT2D eigenvalue weighted by Gasteiger charge is 2.16. The molecule has 0 saturated carbocycles. The van der Waals surface area contributed by atoms with Crippen molar-refractivity contribution in [2.75, 3.05) is 6.61 Å². The number of esters is 1. The first-order chi connectivity index (χ1) is 11.2. The van der Waals surface area contributed by atoms with Crippen LogP contribution < -0.4 is 0 Å². The van der Waals surface area contributed by atoms with Crippen LogP contribution in [-0.4, -0.2) is 17.0 Å². The second-order valence-electron chi connectivity index (χ2n) is 5.52. The topological polar surface area (TPSA) is 30.7 Å². The van der Waals surface area contributed by atoms with Gasteiger partial charge < -0.3 is 4.74 Å². The number of unbranched alkanes of at least 4 members (excludes halogenated alkanes) is 4. The Morgan fingerprint density at radius 2 is 2.09 bits per heavy atom. The molecule has 2 heterocycles. The van der Waals surface area contributed by atoms with Crippen molar-refractivity contribution >= 4 is 29.2 Å². The van der Waals surface area contributed by atoms with Crippen LogP contribution in [0.5, 0.6) is 0 Å². The van der Waals surface area contributed by atoms with Crippen LogP contribution in [0.2, 0.25) is 5.15 Å². The number of rotatable bonds is 8. The Morgan fingerprint density at radius 3 is 2.83 bits per heavy atom. The first kappa shape index (κ1) is 17.6. The van der Waals surface area contributed by atoms with Crippen molar-refractivity contribution in [1.82, 2.24) is 4.40 Å². The normalized spacial score (nSPS) is 11.4. The van der Waals surface area contributed by atoms with E-state index in [0.717, 1.165) is 17.6 Å². The lowest BCUT2D eigenvalue weighted by molar-refractivity contribution is 0.0529. The monoisotopic (exact) mass is 333 g/mol. The van der Waals surface area contributed by atoms with Crippen LogP contribution in [0.1, 0.15) is 62.0 Å². The van der Waals surface area contributed by atoms with Crippen molar-refractivity contribution in [2.45, 2.75) is 46.0 Å². The summed E-state index contributed by atoms with van der Waals surface area (Å²) >= 11 is 6.32. The van der Waals surface area contributed by atoms with E-state index >= 15 is 0 Å². The van der Waals surface area contributed by atoms with Gasteiger partial charge in [-0.3, -0.25) is 4.40 Å². The summed E-state index contributed by atoms with van der Waals surface area (Å²) in [6.07, 6.45) is 10.2. The molecular formula is C19H24ClNO2. The smallest absolute Gasteiger partial charge is 0.340 e. The molecule has 0 bridgehead atoms. The molecule has 2 aromatic rings. The summed E-state index contributed by atoms with van der Waals surface area (Å²) in [5.74, 6) is -0.310. The van der Waals surface area contributed by atoms with Gasteiger partial charge in [0.05, 0.1) is 17.7 Å². The fraction of sp³-hybridized carbons (Fsp3) is 0.421. The third kappa shape index (κ3) is 4.38. The van der Waals surface area contributed by atoms with Crippen molar-refractivity contribution in [2.24, 2.45) is 0 Å². The van der Waals surface area contributed by atoms with Gasteiger partial charge in [-0.05, 0) is 44.0 Å². The van der Waals surface area contributed by atoms with Crippen LogP contribution in [0.4, 0.5) is 0 Å². The van der Waals surface area contributed by atoms with E-state index in [-0.39, 0.29) is 5.97 Å². The van der Waals surface area contributed by atoms with E-state index < -0.39 is 0 Å². The number of hydrogen-bond donors (Lipinski definition) is 0. The summed E-state index contributed by atoms with van der Waals surface area (Å²) in [5.41, 5.74) is 2.24. The maximum absolute atomic E-state index is 12.1. The maximum atomic E-state index is 12.1. The molecule has 0 unspecified atom stereocenters. The minimum atomic E-state index is -0.310. The third-order valence-electron chi connectivity index (χ3n) is 3.78. The summed E-state index contributed by atoms with van der Waals surface area (Å²) in [7, 11) is 0. The summed E-state index contributed by atoms with van der Waals surface area (Å²) < 4.78 is 7.02. The van der Waals surface area contributed by atoms with E-state index in [9.17, 15) is 4.79 Å². The first-order valence-electron chi connectivity index (χ1n) is 8.32. The number of allylic oxidation sites excluding steroid dienone is 1. The average Bonchev–Trinajstić information content (AvgIpc) is 2.91. The molecule has 0 radical (unpaired) electrons. The van der Waals surface area contributed by atoms with E-state index in [0.29, 0.717) is 17.3 Å². The van der Waals surface area contributed by atoms with Crippen LogP contribution in [0.25, 0.3) is 11.6 Å². The largest absolute Gasteiger partial charge is 0.462 e. The fourth-order valence-corrected chi connectivity index (χ4v) is 2.89. The third-order valence-corrected chi connectivity index (χ3v) is 4.07. The number of carbonyl (C=O) groups excluding carboxylic acids is 1. The zero-order valence-corrected chi connectivity index (χ0v) is 14.6. The molecule has 0 aromatic carbocycles. The van der Waals surface area contributed by atoms with Crippen molar-refractivity contribution < 1.29 is 9.53 Å². The highest BCUT2D eigenvalue weighted by molar-refractivity contribution is 6.30. The van der Waals surface area contributed by atoms with Gasteiger partial charge >= 0.3 is 5.97 Å². The van der Waals surface area contributed by atoms with Crippen LogP contribution in [0.15, 0.2) is 30.3 Å². The number of fused-ring (bicyclic) bond motifs is 1. The lowest BCUT2D eigenvalue weighted by Crippen LogP contribution is -2.03. The molecule has 2 rings (SSSR count). The van der Waals surface area contributed by atoms with E-state index in [2.05, 4.69) is 13.0 Å². The molecule has 3 nitrogen and oxygen atoms in total. The number of aromatic nitrogens is 1. The molecule has 0 aliphatic carbocycles. The van der Waals surface area contributed by atoms with Crippen molar-refractivity contribution in [3.63, 3.8) is 0 Å². The van der Waals surface area contributed by atoms with Gasteiger partial charge in [0.25, 0.3) is 0 Å². The molecule has 0 amide bonds. The van der Waals surface area contributed by atoms with Gasteiger partial charge in [0.15, 0.2) is 0 Å². The lowest BCUT2D eigenvalue weighted by Gasteiger charge is -2.03. The molecule has 0 saturated heterocycles. The highest BCUT2D eigenvalue weighted by atomic mass is 35.5. The Labute approximate surface area is 142 Å². The number of hydrogen-bond acceptors (Lipinski definition) is 2. The maximum Gasteiger partial charge on any atom is 0.340 e. The molecule has 0 spiro atoms. The molecule has 0 aliphatic rings. The second kappa shape index (κ2) is 8.78. The zero-order chi connectivity index (χ0) is 16.7. The average molecular weight is 334 g/mol. The quantitative estimate of drug-likeness (QED) is 0.349. The standard InChI is InChI=1S/C19H24ClNO2/c1-3-5-6-7-8-9-11-15-14-16(19(22)23-4-2)17-12-10-13-18(20)21(15)17/h9-14H,3-8H2,1-2H3/b11-9+. The molecule has 2 aromatic heterocycles. The van der Waals surface area contributed by atoms with Crippen LogP contribution in [0.3, 0.4) is 0 Å². The highest BCUT2D eigenvalue weighted by Crippen LogP contribution is 2.24. The molecule has 0 aliphatic heterocycles. The van der Waals surface area contributed by atoms with Crippen LogP contribution in [0, 0.1) is 0 Å². The Bertz CT molecular complexity index is 688. The fourth-order valence-electron chi connectivity index (χ4n) is 2.63. The van der Waals surface area contributed by atoms with Gasteiger partial charge in [0, 0.05) is 5.69 Å². The molecule has 124 valence electrons. The van der Waals surface area contributed by atoms with Gasteiger partial charge in [0.1, 0.15) is 5.15 Å². The molecular weight excluding hydrogens is 310 g/mol. The Kier molecular flexibility index (Phi) is 6.72. The van der Waals surface area contributed by atoms with Gasteiger partial charge in [-0.1, -0.05) is 49.9 Å². The molecule has 0 atom stereocenters. The van der Waals surface area contributed by atoms with Gasteiger partial charge in [-0.25, -0.2) is 4.79 Å². The summed E-state index contributed by atoms with van der Waals surface area (Å²) in [4.78, 5) is 12.1. The van der Waals surface area contributed by atoms with Crippen molar-refractivity contribution in [3.8, 4) is 0 Å². The Hall–Kier alpha value is -1.74. The number of nitrogens with zero attached hydrogens (tertiary/aromatic N) is 1. The van der Waals surface area contributed by atoms with Crippen LogP contribution in [-0.2, 0) is 4.74 Å².